The number of aromatic nitrogens is 3. The number of hydrogen-bond acceptors (Lipinski definition) is 5. The summed E-state index contributed by atoms with van der Waals surface area (Å²) < 4.78 is 13.8. The van der Waals surface area contributed by atoms with E-state index in [1.165, 1.54) is 4.40 Å². The van der Waals surface area contributed by atoms with Gasteiger partial charge in [0.2, 0.25) is 5.91 Å². The quantitative estimate of drug-likeness (QED) is 0.511. The topological polar surface area (TPSA) is 86.9 Å². The van der Waals surface area contributed by atoms with Crippen molar-refractivity contribution in [1.82, 2.24) is 14.2 Å². The van der Waals surface area contributed by atoms with Crippen molar-refractivity contribution in [2.75, 3.05) is 11.9 Å². The van der Waals surface area contributed by atoms with Gasteiger partial charge in [-0.3, -0.25) is 9.20 Å². The zero-order chi connectivity index (χ0) is 20.9. The smallest absolute Gasteiger partial charge is 0.350 e. The number of ether oxygens (including phenoxy) is 2. The number of fused-ring (bicyclic) bond motifs is 1. The molecule has 2 aromatic heterocycles. The Balaban J connectivity index is 1.48. The summed E-state index contributed by atoms with van der Waals surface area (Å²) in [4.78, 5) is 24.9. The van der Waals surface area contributed by atoms with Gasteiger partial charge in [0, 0.05) is 6.20 Å². The molecule has 2 heterocycles. The van der Waals surface area contributed by atoms with Crippen LogP contribution in [0.4, 0.5) is 5.69 Å². The lowest BCUT2D eigenvalue weighted by Gasteiger charge is -2.12. The maximum absolute atomic E-state index is 12.5. The minimum absolute atomic E-state index is 0.210. The highest BCUT2D eigenvalue weighted by atomic mass is 16.5. The average molecular weight is 404 g/mol. The molecule has 1 amide bonds. The van der Waals surface area contributed by atoms with Crippen molar-refractivity contribution < 1.29 is 14.3 Å². The molecule has 0 aliphatic rings. The maximum Gasteiger partial charge on any atom is 0.350 e. The van der Waals surface area contributed by atoms with Gasteiger partial charge >= 0.3 is 5.69 Å². The third-order valence-corrected chi connectivity index (χ3v) is 4.31. The monoisotopic (exact) mass is 404 g/mol. The number of carbonyl (C=O) groups excluding carboxylic acids is 1. The molecule has 0 bridgehead atoms. The lowest BCUT2D eigenvalue weighted by molar-refractivity contribution is -0.117. The fraction of sp³-hybridized carbons (Fsp3) is 0.136. The Morgan fingerprint density at radius 3 is 2.50 bits per heavy atom. The number of amides is 1. The van der Waals surface area contributed by atoms with Crippen molar-refractivity contribution in [2.45, 2.75) is 13.5 Å². The highest BCUT2D eigenvalue weighted by molar-refractivity contribution is 5.92. The van der Waals surface area contributed by atoms with Crippen molar-refractivity contribution in [1.29, 1.82) is 0 Å². The molecule has 0 radical (unpaired) electrons. The van der Waals surface area contributed by atoms with E-state index in [4.69, 9.17) is 9.47 Å². The molecule has 0 fully saturated rings. The molecule has 4 aromatic rings. The number of nitrogens with zero attached hydrogens (tertiary/aromatic N) is 3. The Morgan fingerprint density at radius 2 is 1.73 bits per heavy atom. The van der Waals surface area contributed by atoms with E-state index in [1.54, 1.807) is 54.7 Å². The lowest BCUT2D eigenvalue weighted by Crippen LogP contribution is -2.28. The summed E-state index contributed by atoms with van der Waals surface area (Å²) in [7, 11) is 0. The van der Waals surface area contributed by atoms with Crippen molar-refractivity contribution in [3.63, 3.8) is 0 Å². The molecule has 0 unspecified atom stereocenters. The van der Waals surface area contributed by atoms with Crippen LogP contribution in [0.25, 0.3) is 5.65 Å². The van der Waals surface area contributed by atoms with E-state index in [-0.39, 0.29) is 18.1 Å². The second-order valence-electron chi connectivity index (χ2n) is 6.42. The molecule has 8 nitrogen and oxygen atoms in total. The summed E-state index contributed by atoms with van der Waals surface area (Å²) >= 11 is 0. The van der Waals surface area contributed by atoms with Gasteiger partial charge in [0.05, 0.1) is 12.3 Å². The minimum Gasteiger partial charge on any atom is -0.494 e. The molecule has 4 rings (SSSR count). The molecule has 152 valence electrons. The van der Waals surface area contributed by atoms with Gasteiger partial charge < -0.3 is 14.8 Å². The van der Waals surface area contributed by atoms with Crippen LogP contribution in [0.1, 0.15) is 6.92 Å². The van der Waals surface area contributed by atoms with Gasteiger partial charge in [-0.05, 0) is 55.5 Å². The van der Waals surface area contributed by atoms with E-state index < -0.39 is 0 Å². The number of anilines is 1. The van der Waals surface area contributed by atoms with Gasteiger partial charge in [0.1, 0.15) is 18.0 Å². The van der Waals surface area contributed by atoms with Gasteiger partial charge in [0.15, 0.2) is 11.4 Å². The number of pyridine rings is 1. The summed E-state index contributed by atoms with van der Waals surface area (Å²) in [5.41, 5.74) is 0.599. The fourth-order valence-corrected chi connectivity index (χ4v) is 2.95. The number of para-hydroxylation sites is 2. The summed E-state index contributed by atoms with van der Waals surface area (Å²) in [5.74, 6) is 1.46. The van der Waals surface area contributed by atoms with Crippen LogP contribution in [0.2, 0.25) is 0 Å². The first kappa shape index (κ1) is 19.3. The molecule has 0 spiro atoms. The SMILES string of the molecule is CCOc1ccc(Oc2ccccc2NC(=O)Cn2nc3ccccn3c2=O)cc1. The normalized spacial score (nSPS) is 10.7. The number of rotatable bonds is 7. The molecular weight excluding hydrogens is 384 g/mol. The van der Waals surface area contributed by atoms with Crippen molar-refractivity contribution in [2.24, 2.45) is 0 Å². The molecule has 1 N–H and O–H groups in total. The average Bonchev–Trinajstić information content (AvgIpc) is 3.06. The van der Waals surface area contributed by atoms with Gasteiger partial charge in [-0.2, -0.15) is 0 Å². The number of nitrogens with one attached hydrogen (secondary N) is 1. The first-order valence-corrected chi connectivity index (χ1v) is 9.48. The predicted molar refractivity (Wildman–Crippen MR) is 112 cm³/mol. The van der Waals surface area contributed by atoms with E-state index in [2.05, 4.69) is 10.4 Å². The lowest BCUT2D eigenvalue weighted by atomic mass is 10.2. The van der Waals surface area contributed by atoms with Crippen LogP contribution in [-0.4, -0.2) is 26.7 Å². The van der Waals surface area contributed by atoms with Crippen molar-refractivity contribution >= 4 is 17.2 Å². The molecule has 0 aliphatic carbocycles. The zero-order valence-corrected chi connectivity index (χ0v) is 16.3. The number of benzene rings is 2. The van der Waals surface area contributed by atoms with Crippen LogP contribution in [0, 0.1) is 0 Å². The third-order valence-electron chi connectivity index (χ3n) is 4.31. The Labute approximate surface area is 172 Å². The largest absolute Gasteiger partial charge is 0.494 e. The molecular formula is C22H20N4O4. The van der Waals surface area contributed by atoms with E-state index in [0.29, 0.717) is 29.4 Å². The minimum atomic E-state index is -0.386. The molecule has 0 atom stereocenters. The number of carbonyl (C=O) groups is 1. The summed E-state index contributed by atoms with van der Waals surface area (Å²) in [6.07, 6.45) is 1.61. The van der Waals surface area contributed by atoms with Gasteiger partial charge in [-0.1, -0.05) is 18.2 Å². The van der Waals surface area contributed by atoms with Crippen LogP contribution >= 0.6 is 0 Å². The fourth-order valence-electron chi connectivity index (χ4n) is 2.95. The molecule has 0 saturated heterocycles. The van der Waals surface area contributed by atoms with Crippen LogP contribution in [-0.2, 0) is 11.3 Å². The predicted octanol–water partition coefficient (Wildman–Crippen LogP) is 3.33. The Morgan fingerprint density at radius 1 is 1.00 bits per heavy atom. The summed E-state index contributed by atoms with van der Waals surface area (Å²) in [6.45, 7) is 2.30. The standard InChI is InChI=1S/C22H20N4O4/c1-2-29-16-10-12-17(13-11-16)30-19-8-4-3-7-18(19)23-21(27)15-26-22(28)25-14-6-5-9-20(25)24-26/h3-14H,2,15H2,1H3,(H,23,27). The first-order valence-electron chi connectivity index (χ1n) is 9.48. The molecule has 0 aliphatic heterocycles. The molecule has 8 heteroatoms. The van der Waals surface area contributed by atoms with Gasteiger partial charge in [-0.15, -0.1) is 5.10 Å². The molecule has 2 aromatic carbocycles. The second-order valence-corrected chi connectivity index (χ2v) is 6.42. The maximum atomic E-state index is 12.5. The van der Waals surface area contributed by atoms with E-state index >= 15 is 0 Å². The third kappa shape index (κ3) is 4.17. The van der Waals surface area contributed by atoms with Crippen LogP contribution < -0.4 is 20.5 Å². The van der Waals surface area contributed by atoms with Crippen molar-refractivity contribution in [3.8, 4) is 17.2 Å². The van der Waals surface area contributed by atoms with E-state index in [0.717, 1.165) is 10.4 Å². The second kappa shape index (κ2) is 8.52. The summed E-state index contributed by atoms with van der Waals surface area (Å²) in [5, 5.41) is 6.96. The van der Waals surface area contributed by atoms with E-state index in [1.807, 2.05) is 25.1 Å². The summed E-state index contributed by atoms with van der Waals surface area (Å²) in [6, 6.07) is 19.5. The van der Waals surface area contributed by atoms with Crippen molar-refractivity contribution in [3.05, 3.63) is 83.4 Å². The van der Waals surface area contributed by atoms with Crippen LogP contribution in [0.3, 0.4) is 0 Å². The highest BCUT2D eigenvalue weighted by Gasteiger charge is 2.13. The van der Waals surface area contributed by atoms with Crippen LogP contribution in [0.5, 0.6) is 17.2 Å². The molecule has 30 heavy (non-hydrogen) atoms. The highest BCUT2D eigenvalue weighted by Crippen LogP contribution is 2.30. The first-order chi connectivity index (χ1) is 14.6. The molecule has 0 saturated carbocycles. The number of hydrogen-bond donors (Lipinski definition) is 1. The van der Waals surface area contributed by atoms with Crippen LogP contribution in [0.15, 0.2) is 77.7 Å². The Hall–Kier alpha value is -4.07. The van der Waals surface area contributed by atoms with Gasteiger partial charge in [0.25, 0.3) is 0 Å². The Kier molecular flexibility index (Phi) is 5.47. The zero-order valence-electron chi connectivity index (χ0n) is 16.3. The van der Waals surface area contributed by atoms with Gasteiger partial charge in [-0.25, -0.2) is 9.48 Å². The van der Waals surface area contributed by atoms with E-state index in [9.17, 15) is 9.59 Å². The Bertz CT molecular complexity index is 1230.